The van der Waals surface area contributed by atoms with Crippen LogP contribution in [0.1, 0.15) is 30.2 Å². The molecule has 122 valence electrons. The Balaban J connectivity index is 1.76. The highest BCUT2D eigenvalue weighted by Gasteiger charge is 2.45. The first-order valence-electron chi connectivity index (χ1n) is 8.03. The first-order valence-corrected chi connectivity index (χ1v) is 8.03. The third-order valence-electron chi connectivity index (χ3n) is 5.05. The Kier molecular flexibility index (Phi) is 4.39. The van der Waals surface area contributed by atoms with Gasteiger partial charge in [-0.3, -0.25) is 9.88 Å². The van der Waals surface area contributed by atoms with Crippen LogP contribution in [0.4, 0.5) is 0 Å². The predicted octanol–water partition coefficient (Wildman–Crippen LogP) is 2.09. The molecule has 2 aliphatic rings. The molecule has 0 N–H and O–H groups in total. The zero-order valence-corrected chi connectivity index (χ0v) is 14.0. The number of rotatable bonds is 3. The highest BCUT2D eigenvalue weighted by molar-refractivity contribution is 5.41. The summed E-state index contributed by atoms with van der Waals surface area (Å²) >= 11 is 0. The third kappa shape index (κ3) is 2.73. The summed E-state index contributed by atoms with van der Waals surface area (Å²) in [4.78, 5) is 7.05. The van der Waals surface area contributed by atoms with Crippen molar-refractivity contribution in [1.82, 2.24) is 9.88 Å². The summed E-state index contributed by atoms with van der Waals surface area (Å²) in [5.41, 5.74) is 3.17. The van der Waals surface area contributed by atoms with Crippen LogP contribution in [-0.2, 0) is 16.0 Å². The SMILES string of the molecule is COc1c(C)cnc(CN2CCO[C@@]3(CCO[C@H]3C)C2)c1C. The van der Waals surface area contributed by atoms with Gasteiger partial charge in [0.05, 0.1) is 25.5 Å². The van der Waals surface area contributed by atoms with Gasteiger partial charge in [-0.1, -0.05) is 0 Å². The van der Waals surface area contributed by atoms with Gasteiger partial charge in [0.2, 0.25) is 0 Å². The van der Waals surface area contributed by atoms with Crippen molar-refractivity contribution in [2.24, 2.45) is 0 Å². The maximum Gasteiger partial charge on any atom is 0.128 e. The minimum absolute atomic E-state index is 0.138. The van der Waals surface area contributed by atoms with E-state index in [1.165, 1.54) is 0 Å². The van der Waals surface area contributed by atoms with Crippen molar-refractivity contribution >= 4 is 0 Å². The molecule has 5 heteroatoms. The summed E-state index contributed by atoms with van der Waals surface area (Å²) in [6.07, 6.45) is 3.05. The Morgan fingerprint density at radius 3 is 2.91 bits per heavy atom. The van der Waals surface area contributed by atoms with Crippen LogP contribution in [0.3, 0.4) is 0 Å². The second-order valence-electron chi connectivity index (χ2n) is 6.43. The number of nitrogens with zero attached hydrogens (tertiary/aromatic N) is 2. The van der Waals surface area contributed by atoms with E-state index in [9.17, 15) is 0 Å². The summed E-state index contributed by atoms with van der Waals surface area (Å²) in [6.45, 7) is 10.5. The Labute approximate surface area is 132 Å². The second-order valence-corrected chi connectivity index (χ2v) is 6.43. The van der Waals surface area contributed by atoms with Gasteiger partial charge >= 0.3 is 0 Å². The summed E-state index contributed by atoms with van der Waals surface area (Å²) < 4.78 is 17.3. The molecule has 0 aliphatic carbocycles. The summed E-state index contributed by atoms with van der Waals surface area (Å²) in [5.74, 6) is 0.950. The number of hydrogen-bond donors (Lipinski definition) is 0. The first kappa shape index (κ1) is 15.7. The Morgan fingerprint density at radius 2 is 2.23 bits per heavy atom. The zero-order valence-electron chi connectivity index (χ0n) is 14.0. The van der Waals surface area contributed by atoms with Gasteiger partial charge in [-0.2, -0.15) is 0 Å². The zero-order chi connectivity index (χ0) is 15.7. The van der Waals surface area contributed by atoms with Gasteiger partial charge in [-0.25, -0.2) is 0 Å². The molecule has 2 saturated heterocycles. The van der Waals surface area contributed by atoms with Crippen molar-refractivity contribution in [3.63, 3.8) is 0 Å². The first-order chi connectivity index (χ1) is 10.6. The molecule has 0 bridgehead atoms. The molecular weight excluding hydrogens is 280 g/mol. The van der Waals surface area contributed by atoms with Gasteiger partial charge in [0.25, 0.3) is 0 Å². The van der Waals surface area contributed by atoms with Crippen LogP contribution >= 0.6 is 0 Å². The topological polar surface area (TPSA) is 43.8 Å². The van der Waals surface area contributed by atoms with Crippen molar-refractivity contribution in [2.45, 2.75) is 45.4 Å². The van der Waals surface area contributed by atoms with Crippen molar-refractivity contribution in [3.8, 4) is 5.75 Å². The van der Waals surface area contributed by atoms with Crippen LogP contribution in [0.2, 0.25) is 0 Å². The van der Waals surface area contributed by atoms with E-state index in [2.05, 4.69) is 23.7 Å². The summed E-state index contributed by atoms with van der Waals surface area (Å²) in [5, 5.41) is 0. The van der Waals surface area contributed by atoms with Gasteiger partial charge in [-0.15, -0.1) is 0 Å². The largest absolute Gasteiger partial charge is 0.496 e. The molecule has 3 heterocycles. The van der Waals surface area contributed by atoms with Crippen molar-refractivity contribution in [2.75, 3.05) is 33.4 Å². The normalized spacial score (nSPS) is 29.2. The summed E-state index contributed by atoms with van der Waals surface area (Å²) in [7, 11) is 1.72. The van der Waals surface area contributed by atoms with Crippen molar-refractivity contribution < 1.29 is 14.2 Å². The lowest BCUT2D eigenvalue weighted by molar-refractivity contribution is -0.137. The van der Waals surface area contributed by atoms with Crippen LogP contribution in [0.5, 0.6) is 5.75 Å². The molecule has 0 radical (unpaired) electrons. The maximum atomic E-state index is 6.09. The number of methoxy groups -OCH3 is 1. The van der Waals surface area contributed by atoms with Crippen LogP contribution < -0.4 is 4.74 Å². The lowest BCUT2D eigenvalue weighted by Crippen LogP contribution is -2.55. The molecular formula is C17H26N2O3. The second kappa shape index (κ2) is 6.14. The van der Waals surface area contributed by atoms with Gasteiger partial charge in [-0.05, 0) is 20.8 Å². The highest BCUT2D eigenvalue weighted by Crippen LogP contribution is 2.34. The van der Waals surface area contributed by atoms with Gasteiger partial charge in [0.15, 0.2) is 0 Å². The fraction of sp³-hybridized carbons (Fsp3) is 0.706. The van der Waals surface area contributed by atoms with E-state index >= 15 is 0 Å². The van der Waals surface area contributed by atoms with Crippen LogP contribution in [0.15, 0.2) is 6.20 Å². The molecule has 0 aromatic carbocycles. The molecule has 2 aliphatic heterocycles. The third-order valence-corrected chi connectivity index (χ3v) is 5.05. The fourth-order valence-corrected chi connectivity index (χ4v) is 3.62. The average molecular weight is 306 g/mol. The van der Waals surface area contributed by atoms with E-state index in [-0.39, 0.29) is 11.7 Å². The standard InChI is InChI=1S/C17H26N2O3/c1-12-9-18-15(13(2)16(12)20-4)10-19-6-8-22-17(11-19)5-7-21-14(17)3/h9,14H,5-8,10-11H2,1-4H3/t14-,17-/m0/s1. The molecule has 22 heavy (non-hydrogen) atoms. The molecule has 1 spiro atoms. The molecule has 2 atom stereocenters. The number of ether oxygens (including phenoxy) is 3. The number of hydrogen-bond acceptors (Lipinski definition) is 5. The Morgan fingerprint density at radius 1 is 1.41 bits per heavy atom. The molecule has 3 rings (SSSR count). The van der Waals surface area contributed by atoms with Gasteiger partial charge in [0.1, 0.15) is 11.4 Å². The molecule has 0 unspecified atom stereocenters. The minimum atomic E-state index is -0.138. The number of pyridine rings is 1. The molecule has 1 aromatic heterocycles. The van der Waals surface area contributed by atoms with E-state index in [1.54, 1.807) is 7.11 Å². The van der Waals surface area contributed by atoms with Crippen molar-refractivity contribution in [3.05, 3.63) is 23.0 Å². The van der Waals surface area contributed by atoms with E-state index in [0.29, 0.717) is 0 Å². The summed E-state index contributed by atoms with van der Waals surface area (Å²) in [6, 6.07) is 0. The molecule has 0 saturated carbocycles. The molecule has 0 amide bonds. The highest BCUT2D eigenvalue weighted by atomic mass is 16.6. The minimum Gasteiger partial charge on any atom is -0.496 e. The van der Waals surface area contributed by atoms with E-state index in [0.717, 1.165) is 61.8 Å². The number of aromatic nitrogens is 1. The average Bonchev–Trinajstić information content (AvgIpc) is 2.83. The monoisotopic (exact) mass is 306 g/mol. The van der Waals surface area contributed by atoms with Crippen LogP contribution in [0, 0.1) is 13.8 Å². The lowest BCUT2D eigenvalue weighted by atomic mass is 9.94. The smallest absolute Gasteiger partial charge is 0.128 e. The Bertz CT molecular complexity index is 549. The Hall–Kier alpha value is -1.17. The quantitative estimate of drug-likeness (QED) is 0.855. The molecule has 2 fully saturated rings. The molecule has 1 aromatic rings. The van der Waals surface area contributed by atoms with Gasteiger partial charge < -0.3 is 14.2 Å². The van der Waals surface area contributed by atoms with E-state index in [1.807, 2.05) is 13.1 Å². The predicted molar refractivity (Wildman–Crippen MR) is 84.3 cm³/mol. The lowest BCUT2D eigenvalue weighted by Gasteiger charge is -2.42. The number of morpholine rings is 1. The fourth-order valence-electron chi connectivity index (χ4n) is 3.62. The van der Waals surface area contributed by atoms with Crippen LogP contribution in [-0.4, -0.2) is 55.0 Å². The van der Waals surface area contributed by atoms with E-state index in [4.69, 9.17) is 14.2 Å². The van der Waals surface area contributed by atoms with Crippen molar-refractivity contribution in [1.29, 1.82) is 0 Å². The maximum absolute atomic E-state index is 6.09. The van der Waals surface area contributed by atoms with Crippen LogP contribution in [0.25, 0.3) is 0 Å². The van der Waals surface area contributed by atoms with E-state index < -0.39 is 0 Å². The molecule has 5 nitrogen and oxygen atoms in total. The van der Waals surface area contributed by atoms with Gasteiger partial charge in [0, 0.05) is 50.0 Å². The number of aryl methyl sites for hydroxylation is 1.